The highest BCUT2D eigenvalue weighted by Crippen LogP contribution is 2.45. The van der Waals surface area contributed by atoms with Crippen LogP contribution in [0.5, 0.6) is 0 Å². The molecule has 6 heteroatoms. The summed E-state index contributed by atoms with van der Waals surface area (Å²) in [5.74, 6) is -0.823. The molecule has 0 aliphatic heterocycles. The minimum Gasteiger partial charge on any atom is -0.399 e. The zero-order chi connectivity index (χ0) is 12.8. The number of rotatable bonds is 3. The number of benzene rings is 1. The lowest BCUT2D eigenvalue weighted by atomic mass is 10.2. The summed E-state index contributed by atoms with van der Waals surface area (Å²) in [4.78, 5) is -0.352. The van der Waals surface area contributed by atoms with E-state index in [2.05, 4.69) is 4.72 Å². The standard InChI is InChI=1S/C11H15FN2O2S/c1-11(2)6-10(11)14-17(15,16)9-4-3-7(13)5-8(9)12/h3-5,10,14H,6,13H2,1-2H3. The number of sulfonamides is 1. The molecule has 1 aliphatic carbocycles. The van der Waals surface area contributed by atoms with Crippen LogP contribution in [-0.2, 0) is 10.0 Å². The second-order valence-corrected chi connectivity index (χ2v) is 6.74. The summed E-state index contributed by atoms with van der Waals surface area (Å²) in [6.45, 7) is 3.92. The van der Waals surface area contributed by atoms with Crippen molar-refractivity contribution >= 4 is 15.7 Å². The van der Waals surface area contributed by atoms with Gasteiger partial charge in [-0.1, -0.05) is 13.8 Å². The maximum atomic E-state index is 13.5. The molecule has 1 aromatic rings. The average molecular weight is 258 g/mol. The quantitative estimate of drug-likeness (QED) is 0.807. The monoisotopic (exact) mass is 258 g/mol. The summed E-state index contributed by atoms with van der Waals surface area (Å²) in [6, 6.07) is 3.44. The first-order valence-electron chi connectivity index (χ1n) is 5.30. The Morgan fingerprint density at radius 2 is 2.06 bits per heavy atom. The molecule has 1 atom stereocenters. The summed E-state index contributed by atoms with van der Waals surface area (Å²) in [6.07, 6.45) is 0.767. The van der Waals surface area contributed by atoms with Crippen LogP contribution in [0.2, 0.25) is 0 Å². The Kier molecular flexibility index (Phi) is 2.67. The van der Waals surface area contributed by atoms with Gasteiger partial charge < -0.3 is 5.73 Å². The molecule has 0 saturated heterocycles. The van der Waals surface area contributed by atoms with Gasteiger partial charge >= 0.3 is 0 Å². The number of nitrogen functional groups attached to an aromatic ring is 1. The lowest BCUT2D eigenvalue weighted by molar-refractivity contribution is 0.541. The van der Waals surface area contributed by atoms with E-state index < -0.39 is 15.8 Å². The second-order valence-electron chi connectivity index (χ2n) is 5.06. The zero-order valence-corrected chi connectivity index (χ0v) is 10.5. The highest BCUT2D eigenvalue weighted by atomic mass is 32.2. The van der Waals surface area contributed by atoms with E-state index in [4.69, 9.17) is 5.73 Å². The van der Waals surface area contributed by atoms with Crippen molar-refractivity contribution in [3.8, 4) is 0 Å². The third-order valence-electron chi connectivity index (χ3n) is 3.06. The summed E-state index contributed by atoms with van der Waals surface area (Å²) in [7, 11) is -3.80. The molecule has 4 nitrogen and oxygen atoms in total. The molecule has 1 aliphatic rings. The normalized spacial score (nSPS) is 22.4. The molecular formula is C11H15FN2O2S. The fraction of sp³-hybridized carbons (Fsp3) is 0.455. The van der Waals surface area contributed by atoms with Crippen LogP contribution in [0.1, 0.15) is 20.3 Å². The minimum atomic E-state index is -3.80. The molecular weight excluding hydrogens is 243 g/mol. The van der Waals surface area contributed by atoms with E-state index >= 15 is 0 Å². The Morgan fingerprint density at radius 3 is 2.53 bits per heavy atom. The van der Waals surface area contributed by atoms with Crippen LogP contribution >= 0.6 is 0 Å². The summed E-state index contributed by atoms with van der Waals surface area (Å²) >= 11 is 0. The van der Waals surface area contributed by atoms with Crippen LogP contribution in [0, 0.1) is 11.2 Å². The lowest BCUT2D eigenvalue weighted by Gasteiger charge is -2.09. The van der Waals surface area contributed by atoms with Gasteiger partial charge in [-0.15, -0.1) is 0 Å². The Labute approximate surface area is 100 Å². The lowest BCUT2D eigenvalue weighted by Crippen LogP contribution is -2.29. The van der Waals surface area contributed by atoms with Crippen LogP contribution in [0.4, 0.5) is 10.1 Å². The van der Waals surface area contributed by atoms with Gasteiger partial charge in [0.05, 0.1) is 0 Å². The van der Waals surface area contributed by atoms with Crippen molar-refractivity contribution in [3.05, 3.63) is 24.0 Å². The van der Waals surface area contributed by atoms with Gasteiger partial charge in [0.15, 0.2) is 0 Å². The molecule has 0 aromatic heterocycles. The number of nitrogens with one attached hydrogen (secondary N) is 1. The molecule has 0 heterocycles. The SMILES string of the molecule is CC1(C)CC1NS(=O)(=O)c1ccc(N)cc1F. The average Bonchev–Trinajstić information content (AvgIpc) is 2.70. The van der Waals surface area contributed by atoms with E-state index in [-0.39, 0.29) is 22.0 Å². The first-order chi connectivity index (χ1) is 7.72. The van der Waals surface area contributed by atoms with Crippen LogP contribution in [0.3, 0.4) is 0 Å². The molecule has 0 spiro atoms. The maximum absolute atomic E-state index is 13.5. The molecule has 0 radical (unpaired) electrons. The molecule has 2 rings (SSSR count). The molecule has 94 valence electrons. The van der Waals surface area contributed by atoms with Gasteiger partial charge in [-0.2, -0.15) is 0 Å². The first kappa shape index (κ1) is 12.3. The number of anilines is 1. The topological polar surface area (TPSA) is 72.2 Å². The van der Waals surface area contributed by atoms with Crippen molar-refractivity contribution in [1.29, 1.82) is 0 Å². The van der Waals surface area contributed by atoms with Gasteiger partial charge in [-0.05, 0) is 30.0 Å². The summed E-state index contributed by atoms with van der Waals surface area (Å²) < 4.78 is 39.8. The van der Waals surface area contributed by atoms with Gasteiger partial charge in [-0.3, -0.25) is 0 Å². The summed E-state index contributed by atoms with van der Waals surface area (Å²) in [5.41, 5.74) is 5.53. The van der Waals surface area contributed by atoms with E-state index in [1.165, 1.54) is 12.1 Å². The number of halogens is 1. The van der Waals surface area contributed by atoms with Gasteiger partial charge in [0.1, 0.15) is 10.7 Å². The number of hydrogen-bond donors (Lipinski definition) is 2. The van der Waals surface area contributed by atoms with Crippen molar-refractivity contribution in [3.63, 3.8) is 0 Å². The fourth-order valence-electron chi connectivity index (χ4n) is 1.65. The molecule has 1 aromatic carbocycles. The predicted molar refractivity (Wildman–Crippen MR) is 63.3 cm³/mol. The van der Waals surface area contributed by atoms with E-state index in [9.17, 15) is 12.8 Å². The molecule has 3 N–H and O–H groups in total. The van der Waals surface area contributed by atoms with E-state index in [1.807, 2.05) is 13.8 Å². The van der Waals surface area contributed by atoms with Crippen molar-refractivity contribution in [2.24, 2.45) is 5.41 Å². The fourth-order valence-corrected chi connectivity index (χ4v) is 3.12. The van der Waals surface area contributed by atoms with Crippen molar-refractivity contribution in [1.82, 2.24) is 4.72 Å². The third-order valence-corrected chi connectivity index (χ3v) is 4.56. The molecule has 1 fully saturated rings. The molecule has 17 heavy (non-hydrogen) atoms. The van der Waals surface area contributed by atoms with E-state index in [0.29, 0.717) is 0 Å². The van der Waals surface area contributed by atoms with Crippen molar-refractivity contribution in [2.45, 2.75) is 31.2 Å². The summed E-state index contributed by atoms with van der Waals surface area (Å²) in [5, 5.41) is 0. The van der Waals surface area contributed by atoms with Crippen LogP contribution in [-0.4, -0.2) is 14.5 Å². The number of hydrogen-bond acceptors (Lipinski definition) is 3. The van der Waals surface area contributed by atoms with Crippen LogP contribution in [0.25, 0.3) is 0 Å². The van der Waals surface area contributed by atoms with Crippen molar-refractivity contribution in [2.75, 3.05) is 5.73 Å². The van der Waals surface area contributed by atoms with Gasteiger partial charge in [-0.25, -0.2) is 17.5 Å². The van der Waals surface area contributed by atoms with Crippen LogP contribution in [0.15, 0.2) is 23.1 Å². The molecule has 0 amide bonds. The van der Waals surface area contributed by atoms with Gasteiger partial charge in [0, 0.05) is 11.7 Å². The first-order valence-corrected chi connectivity index (χ1v) is 6.78. The molecule has 1 saturated carbocycles. The van der Waals surface area contributed by atoms with E-state index in [1.54, 1.807) is 0 Å². The van der Waals surface area contributed by atoms with Gasteiger partial charge in [0.2, 0.25) is 10.0 Å². The highest BCUT2D eigenvalue weighted by Gasteiger charge is 2.48. The maximum Gasteiger partial charge on any atom is 0.243 e. The minimum absolute atomic E-state index is 0.0443. The molecule has 0 bridgehead atoms. The smallest absolute Gasteiger partial charge is 0.243 e. The zero-order valence-electron chi connectivity index (χ0n) is 9.70. The molecule has 1 unspecified atom stereocenters. The number of nitrogens with two attached hydrogens (primary N) is 1. The van der Waals surface area contributed by atoms with Crippen LogP contribution < -0.4 is 10.5 Å². The van der Waals surface area contributed by atoms with Crippen molar-refractivity contribution < 1.29 is 12.8 Å². The Morgan fingerprint density at radius 1 is 1.47 bits per heavy atom. The second kappa shape index (κ2) is 3.68. The predicted octanol–water partition coefficient (Wildman–Crippen LogP) is 1.48. The van der Waals surface area contributed by atoms with E-state index in [0.717, 1.165) is 12.5 Å². The third kappa shape index (κ3) is 2.42. The Balaban J connectivity index is 2.26. The Bertz CT molecular complexity index is 555. The largest absolute Gasteiger partial charge is 0.399 e. The van der Waals surface area contributed by atoms with Gasteiger partial charge in [0.25, 0.3) is 0 Å². The Hall–Kier alpha value is -1.14. The highest BCUT2D eigenvalue weighted by molar-refractivity contribution is 7.89.